The molecule has 2 aromatic carbocycles. The van der Waals surface area contributed by atoms with E-state index in [1.165, 1.54) is 0 Å². The number of hydrogen-bond acceptors (Lipinski definition) is 5. The standard InChI is InChI=1S/C22H26N4O2/c1-14-15(2)25-19-12-16(10-11-18(19)24-14)22(27)23-13-20(26(3)4)17-8-6-7-9-21(17)28-5/h6-12,20H,13H2,1-5H3,(H,23,27). The molecule has 0 bridgehead atoms. The Labute approximate surface area is 165 Å². The molecule has 6 nitrogen and oxygen atoms in total. The maximum Gasteiger partial charge on any atom is 0.251 e. The van der Waals surface area contributed by atoms with Crippen molar-refractivity contribution in [2.45, 2.75) is 19.9 Å². The number of carbonyl (C=O) groups excluding carboxylic acids is 1. The average molecular weight is 378 g/mol. The molecular formula is C22H26N4O2. The summed E-state index contributed by atoms with van der Waals surface area (Å²) >= 11 is 0. The lowest BCUT2D eigenvalue weighted by atomic mass is 10.0. The lowest BCUT2D eigenvalue weighted by Gasteiger charge is -2.26. The lowest BCUT2D eigenvalue weighted by molar-refractivity contribution is 0.0941. The van der Waals surface area contributed by atoms with E-state index in [9.17, 15) is 4.79 Å². The summed E-state index contributed by atoms with van der Waals surface area (Å²) in [6.45, 7) is 4.31. The van der Waals surface area contributed by atoms with Gasteiger partial charge in [-0.05, 0) is 52.2 Å². The van der Waals surface area contributed by atoms with Gasteiger partial charge >= 0.3 is 0 Å². The number of fused-ring (bicyclic) bond motifs is 1. The highest BCUT2D eigenvalue weighted by Gasteiger charge is 2.19. The predicted molar refractivity (Wildman–Crippen MR) is 111 cm³/mol. The number of hydrogen-bond donors (Lipinski definition) is 1. The molecule has 1 atom stereocenters. The van der Waals surface area contributed by atoms with Crippen molar-refractivity contribution in [3.63, 3.8) is 0 Å². The van der Waals surface area contributed by atoms with E-state index in [0.29, 0.717) is 12.1 Å². The Balaban J connectivity index is 1.80. The van der Waals surface area contributed by atoms with Crippen molar-refractivity contribution in [3.8, 4) is 5.75 Å². The molecule has 146 valence electrons. The van der Waals surface area contributed by atoms with Gasteiger partial charge in [-0.3, -0.25) is 4.79 Å². The van der Waals surface area contributed by atoms with Crippen LogP contribution in [0.2, 0.25) is 0 Å². The second kappa shape index (κ2) is 8.35. The number of aromatic nitrogens is 2. The molecule has 1 N–H and O–H groups in total. The molecule has 0 saturated carbocycles. The minimum atomic E-state index is -0.135. The van der Waals surface area contributed by atoms with Crippen LogP contribution in [0.5, 0.6) is 5.75 Å². The quantitative estimate of drug-likeness (QED) is 0.713. The van der Waals surface area contributed by atoms with E-state index in [4.69, 9.17) is 4.74 Å². The van der Waals surface area contributed by atoms with Crippen LogP contribution in [0.25, 0.3) is 11.0 Å². The van der Waals surface area contributed by atoms with E-state index < -0.39 is 0 Å². The number of nitrogens with one attached hydrogen (secondary N) is 1. The molecule has 0 aliphatic rings. The summed E-state index contributed by atoms with van der Waals surface area (Å²) in [4.78, 5) is 23.9. The highest BCUT2D eigenvalue weighted by molar-refractivity contribution is 5.97. The zero-order chi connectivity index (χ0) is 20.3. The topological polar surface area (TPSA) is 67.3 Å². The second-order valence-electron chi connectivity index (χ2n) is 7.03. The molecular weight excluding hydrogens is 352 g/mol. The first kappa shape index (κ1) is 19.8. The molecule has 0 spiro atoms. The summed E-state index contributed by atoms with van der Waals surface area (Å²) in [6.07, 6.45) is 0. The van der Waals surface area contributed by atoms with Gasteiger partial charge in [0.05, 0.1) is 35.6 Å². The van der Waals surface area contributed by atoms with E-state index in [1.807, 2.05) is 58.3 Å². The number of methoxy groups -OCH3 is 1. The summed E-state index contributed by atoms with van der Waals surface area (Å²) in [5.74, 6) is 0.672. The van der Waals surface area contributed by atoms with Gasteiger partial charge in [0.15, 0.2) is 0 Å². The molecule has 1 unspecified atom stereocenters. The third kappa shape index (κ3) is 4.12. The molecule has 0 fully saturated rings. The number of nitrogens with zero attached hydrogens (tertiary/aromatic N) is 3. The van der Waals surface area contributed by atoms with Crippen LogP contribution >= 0.6 is 0 Å². The molecule has 3 aromatic rings. The Hall–Kier alpha value is -2.99. The van der Waals surface area contributed by atoms with Crippen molar-refractivity contribution in [1.82, 2.24) is 20.2 Å². The fourth-order valence-electron chi connectivity index (χ4n) is 3.18. The van der Waals surface area contributed by atoms with Crippen LogP contribution in [0.1, 0.15) is 33.4 Å². The molecule has 0 radical (unpaired) electrons. The van der Waals surface area contributed by atoms with Crippen LogP contribution in [0, 0.1) is 13.8 Å². The Kier molecular flexibility index (Phi) is 5.90. The van der Waals surface area contributed by atoms with Crippen molar-refractivity contribution >= 4 is 16.9 Å². The molecule has 1 aromatic heterocycles. The number of amides is 1. The van der Waals surface area contributed by atoms with Gasteiger partial charge in [-0.2, -0.15) is 0 Å². The van der Waals surface area contributed by atoms with Crippen molar-refractivity contribution in [2.75, 3.05) is 27.7 Å². The number of benzene rings is 2. The summed E-state index contributed by atoms with van der Waals surface area (Å²) in [5.41, 5.74) is 4.89. The molecule has 0 aliphatic carbocycles. The van der Waals surface area contributed by atoms with Gasteiger partial charge in [-0.25, -0.2) is 9.97 Å². The molecule has 6 heteroatoms. The van der Waals surface area contributed by atoms with Crippen molar-refractivity contribution < 1.29 is 9.53 Å². The minimum absolute atomic E-state index is 0.00904. The van der Waals surface area contributed by atoms with Crippen LogP contribution in [0.3, 0.4) is 0 Å². The maximum absolute atomic E-state index is 12.7. The third-order valence-corrected chi connectivity index (χ3v) is 4.91. The maximum atomic E-state index is 12.7. The van der Waals surface area contributed by atoms with Crippen LogP contribution in [0.15, 0.2) is 42.5 Å². The second-order valence-corrected chi connectivity index (χ2v) is 7.03. The number of ether oxygens (including phenoxy) is 1. The van der Waals surface area contributed by atoms with Crippen LogP contribution in [-0.4, -0.2) is 48.5 Å². The number of carbonyl (C=O) groups is 1. The first-order valence-electron chi connectivity index (χ1n) is 9.23. The van der Waals surface area contributed by atoms with Crippen LogP contribution in [-0.2, 0) is 0 Å². The zero-order valence-electron chi connectivity index (χ0n) is 17.0. The van der Waals surface area contributed by atoms with Gasteiger partial charge in [0.25, 0.3) is 5.91 Å². The van der Waals surface area contributed by atoms with Crippen molar-refractivity contribution in [1.29, 1.82) is 0 Å². The summed E-state index contributed by atoms with van der Waals surface area (Å²) in [5, 5.41) is 3.04. The van der Waals surface area contributed by atoms with Crippen LogP contribution < -0.4 is 10.1 Å². The Morgan fingerprint density at radius 1 is 1.07 bits per heavy atom. The number of rotatable bonds is 6. The molecule has 28 heavy (non-hydrogen) atoms. The predicted octanol–water partition coefficient (Wildman–Crippen LogP) is 3.29. The fourth-order valence-corrected chi connectivity index (χ4v) is 3.18. The van der Waals surface area contributed by atoms with E-state index in [-0.39, 0.29) is 11.9 Å². The Morgan fingerprint density at radius 2 is 1.75 bits per heavy atom. The summed E-state index contributed by atoms with van der Waals surface area (Å²) in [6, 6.07) is 13.3. The Morgan fingerprint density at radius 3 is 2.43 bits per heavy atom. The van der Waals surface area contributed by atoms with Gasteiger partial charge in [-0.15, -0.1) is 0 Å². The number of likely N-dealkylation sites (N-methyl/N-ethyl adjacent to an activating group) is 1. The highest BCUT2D eigenvalue weighted by Crippen LogP contribution is 2.27. The van der Waals surface area contributed by atoms with Gasteiger partial charge in [-0.1, -0.05) is 18.2 Å². The number of aryl methyl sites for hydroxylation is 2. The van der Waals surface area contributed by atoms with Crippen molar-refractivity contribution in [3.05, 3.63) is 65.0 Å². The first-order chi connectivity index (χ1) is 13.4. The third-order valence-electron chi connectivity index (χ3n) is 4.91. The SMILES string of the molecule is COc1ccccc1C(CNC(=O)c1ccc2nc(C)c(C)nc2c1)N(C)C. The summed E-state index contributed by atoms with van der Waals surface area (Å²) < 4.78 is 5.48. The van der Waals surface area contributed by atoms with E-state index in [0.717, 1.165) is 33.7 Å². The minimum Gasteiger partial charge on any atom is -0.496 e. The van der Waals surface area contributed by atoms with Crippen LogP contribution in [0.4, 0.5) is 0 Å². The van der Waals surface area contributed by atoms with E-state index in [1.54, 1.807) is 19.2 Å². The fraction of sp³-hybridized carbons (Fsp3) is 0.318. The van der Waals surface area contributed by atoms with Gasteiger partial charge in [0, 0.05) is 17.7 Å². The molecule has 1 heterocycles. The lowest BCUT2D eigenvalue weighted by Crippen LogP contribution is -2.34. The van der Waals surface area contributed by atoms with E-state index in [2.05, 4.69) is 20.2 Å². The zero-order valence-corrected chi connectivity index (χ0v) is 17.0. The molecule has 3 rings (SSSR count). The summed E-state index contributed by atoms with van der Waals surface area (Å²) in [7, 11) is 5.63. The monoisotopic (exact) mass is 378 g/mol. The first-order valence-corrected chi connectivity index (χ1v) is 9.23. The largest absolute Gasteiger partial charge is 0.496 e. The molecule has 1 amide bonds. The highest BCUT2D eigenvalue weighted by atomic mass is 16.5. The smallest absolute Gasteiger partial charge is 0.251 e. The van der Waals surface area contributed by atoms with Gasteiger partial charge in [0.2, 0.25) is 0 Å². The average Bonchev–Trinajstić information content (AvgIpc) is 2.68. The molecule has 0 aliphatic heterocycles. The Bertz CT molecular complexity index is 1000. The van der Waals surface area contributed by atoms with E-state index >= 15 is 0 Å². The number of para-hydroxylation sites is 1. The van der Waals surface area contributed by atoms with Crippen molar-refractivity contribution in [2.24, 2.45) is 0 Å². The molecule has 0 saturated heterocycles. The van der Waals surface area contributed by atoms with Gasteiger partial charge < -0.3 is 15.0 Å². The normalized spacial score (nSPS) is 12.2. The van der Waals surface area contributed by atoms with Gasteiger partial charge in [0.1, 0.15) is 5.75 Å².